The molecule has 2 aliphatic rings. The largest absolute Gasteiger partial charge is 0.496 e. The van der Waals surface area contributed by atoms with Gasteiger partial charge in [-0.25, -0.2) is 17.5 Å². The molecule has 5 rings (SSSR count). The maximum absolute atomic E-state index is 13.5. The maximum Gasteiger partial charge on any atom is 0.256 e. The Balaban J connectivity index is 1.44. The number of anilines is 1. The molecule has 0 saturated carbocycles. The van der Waals surface area contributed by atoms with Crippen LogP contribution in [0.1, 0.15) is 16.8 Å². The number of hydrogen-bond acceptors (Lipinski definition) is 5. The van der Waals surface area contributed by atoms with Gasteiger partial charge in [0.05, 0.1) is 23.3 Å². The number of sulfonamides is 1. The number of benzene rings is 3. The number of nitrogens with zero attached hydrogens (tertiary/aromatic N) is 1. The van der Waals surface area contributed by atoms with Gasteiger partial charge >= 0.3 is 0 Å². The number of carbonyl (C=O) groups is 2. The first-order chi connectivity index (χ1) is 17.2. The summed E-state index contributed by atoms with van der Waals surface area (Å²) in [5.74, 6) is -0.795. The standard InChI is InChI=1S/C25H21ClFN3O5S/c1-35-23-9-3-15(26)11-19(23)14-2-8-21-20(10-14)25(32)30-13-17(12-22(30)24(31)28-21)29-36(33,34)18-6-4-16(27)5-7-18/h2-11,17,22,29H,12-13H2,1H3,(H,28,31). The second kappa shape index (κ2) is 9.20. The lowest BCUT2D eigenvalue weighted by molar-refractivity contribution is -0.119. The molecule has 2 N–H and O–H groups in total. The van der Waals surface area contributed by atoms with Crippen molar-refractivity contribution < 1.29 is 27.1 Å². The van der Waals surface area contributed by atoms with Gasteiger partial charge in [-0.1, -0.05) is 17.7 Å². The van der Waals surface area contributed by atoms with Gasteiger partial charge in [-0.2, -0.15) is 0 Å². The number of hydrogen-bond donors (Lipinski definition) is 2. The zero-order valence-electron chi connectivity index (χ0n) is 19.0. The molecule has 2 heterocycles. The van der Waals surface area contributed by atoms with Gasteiger partial charge < -0.3 is 15.0 Å². The Morgan fingerprint density at radius 3 is 2.53 bits per heavy atom. The molecule has 3 aromatic rings. The van der Waals surface area contributed by atoms with E-state index >= 15 is 0 Å². The molecular formula is C25H21ClFN3O5S. The van der Waals surface area contributed by atoms with Gasteiger partial charge in [-0.3, -0.25) is 9.59 Å². The van der Waals surface area contributed by atoms with Gasteiger partial charge in [0, 0.05) is 23.2 Å². The predicted octanol–water partition coefficient (Wildman–Crippen LogP) is 3.67. The fraction of sp³-hybridized carbons (Fsp3) is 0.200. The van der Waals surface area contributed by atoms with Crippen molar-refractivity contribution in [2.45, 2.75) is 23.4 Å². The summed E-state index contributed by atoms with van der Waals surface area (Å²) in [5, 5.41) is 3.28. The maximum atomic E-state index is 13.5. The minimum atomic E-state index is -3.98. The SMILES string of the molecule is COc1ccc(Cl)cc1-c1ccc2c(c1)C(=O)N1CC(NS(=O)(=O)c3ccc(F)cc3)CC1C(=O)N2. The molecule has 0 bridgehead atoms. The summed E-state index contributed by atoms with van der Waals surface area (Å²) in [6, 6.07) is 13.1. The molecule has 2 aliphatic heterocycles. The van der Waals surface area contributed by atoms with Crippen molar-refractivity contribution in [2.24, 2.45) is 0 Å². The van der Waals surface area contributed by atoms with Crippen LogP contribution in [0.3, 0.4) is 0 Å². The Bertz CT molecular complexity index is 1480. The monoisotopic (exact) mass is 529 g/mol. The van der Waals surface area contributed by atoms with E-state index < -0.39 is 39.7 Å². The van der Waals surface area contributed by atoms with E-state index in [0.29, 0.717) is 27.6 Å². The highest BCUT2D eigenvalue weighted by molar-refractivity contribution is 7.89. The molecule has 0 spiro atoms. The number of ether oxygens (including phenoxy) is 1. The molecular weight excluding hydrogens is 509 g/mol. The van der Waals surface area contributed by atoms with E-state index in [9.17, 15) is 22.4 Å². The molecule has 2 unspecified atom stereocenters. The van der Waals surface area contributed by atoms with Gasteiger partial charge in [-0.05, 0) is 66.6 Å². The summed E-state index contributed by atoms with van der Waals surface area (Å²) in [4.78, 5) is 27.8. The van der Waals surface area contributed by atoms with Crippen molar-refractivity contribution in [3.05, 3.63) is 77.1 Å². The van der Waals surface area contributed by atoms with Crippen LogP contribution in [0.25, 0.3) is 11.1 Å². The van der Waals surface area contributed by atoms with Crippen molar-refractivity contribution in [1.29, 1.82) is 0 Å². The van der Waals surface area contributed by atoms with Gasteiger partial charge in [-0.15, -0.1) is 0 Å². The first-order valence-corrected chi connectivity index (χ1v) is 12.9. The van der Waals surface area contributed by atoms with E-state index in [1.807, 2.05) is 0 Å². The third kappa shape index (κ3) is 4.43. The molecule has 0 radical (unpaired) electrons. The average Bonchev–Trinajstić information content (AvgIpc) is 3.23. The molecule has 8 nitrogen and oxygen atoms in total. The third-order valence-electron chi connectivity index (χ3n) is 6.29. The third-order valence-corrected chi connectivity index (χ3v) is 8.06. The van der Waals surface area contributed by atoms with Crippen molar-refractivity contribution >= 4 is 39.1 Å². The van der Waals surface area contributed by atoms with Crippen LogP contribution >= 0.6 is 11.6 Å². The van der Waals surface area contributed by atoms with Gasteiger partial charge in [0.1, 0.15) is 17.6 Å². The van der Waals surface area contributed by atoms with E-state index in [1.54, 1.807) is 36.4 Å². The van der Waals surface area contributed by atoms with E-state index in [1.165, 1.54) is 12.0 Å². The number of amides is 2. The molecule has 0 aromatic heterocycles. The Morgan fingerprint density at radius 1 is 1.06 bits per heavy atom. The summed E-state index contributed by atoms with van der Waals surface area (Å²) in [7, 11) is -2.44. The van der Waals surface area contributed by atoms with E-state index in [0.717, 1.165) is 24.3 Å². The summed E-state index contributed by atoms with van der Waals surface area (Å²) < 4.78 is 46.7. The Kier molecular flexibility index (Phi) is 6.19. The highest BCUT2D eigenvalue weighted by Crippen LogP contribution is 2.36. The first kappa shape index (κ1) is 24.2. The molecule has 186 valence electrons. The van der Waals surface area contributed by atoms with Crippen molar-refractivity contribution in [3.8, 4) is 16.9 Å². The zero-order chi connectivity index (χ0) is 25.6. The molecule has 36 heavy (non-hydrogen) atoms. The number of halogens is 2. The Hall–Kier alpha value is -3.47. The van der Waals surface area contributed by atoms with Crippen LogP contribution in [0, 0.1) is 5.82 Å². The van der Waals surface area contributed by atoms with Crippen LogP contribution in [0.2, 0.25) is 5.02 Å². The number of methoxy groups -OCH3 is 1. The summed E-state index contributed by atoms with van der Waals surface area (Å²) >= 11 is 6.17. The second-order valence-electron chi connectivity index (χ2n) is 8.58. The lowest BCUT2D eigenvalue weighted by atomic mass is 10.0. The topological polar surface area (TPSA) is 105 Å². The van der Waals surface area contributed by atoms with E-state index in [4.69, 9.17) is 16.3 Å². The lowest BCUT2D eigenvalue weighted by Gasteiger charge is -2.20. The van der Waals surface area contributed by atoms with Crippen molar-refractivity contribution in [1.82, 2.24) is 9.62 Å². The predicted molar refractivity (Wildman–Crippen MR) is 132 cm³/mol. The van der Waals surface area contributed by atoms with Crippen LogP contribution < -0.4 is 14.8 Å². The molecule has 2 amide bonds. The molecule has 11 heteroatoms. The minimum Gasteiger partial charge on any atom is -0.496 e. The van der Waals surface area contributed by atoms with E-state index in [2.05, 4.69) is 10.0 Å². The van der Waals surface area contributed by atoms with Gasteiger partial charge in [0.25, 0.3) is 5.91 Å². The fourth-order valence-electron chi connectivity index (χ4n) is 4.57. The molecule has 2 atom stereocenters. The molecule has 0 aliphatic carbocycles. The lowest BCUT2D eigenvalue weighted by Crippen LogP contribution is -2.41. The number of rotatable bonds is 5. The van der Waals surface area contributed by atoms with Crippen molar-refractivity contribution in [3.63, 3.8) is 0 Å². The van der Waals surface area contributed by atoms with Crippen LogP contribution in [0.4, 0.5) is 10.1 Å². The average molecular weight is 530 g/mol. The smallest absolute Gasteiger partial charge is 0.256 e. The number of nitrogens with one attached hydrogen (secondary N) is 2. The zero-order valence-corrected chi connectivity index (χ0v) is 20.6. The van der Waals surface area contributed by atoms with Crippen molar-refractivity contribution in [2.75, 3.05) is 19.0 Å². The number of fused-ring (bicyclic) bond motifs is 2. The summed E-state index contributed by atoms with van der Waals surface area (Å²) in [5.41, 5.74) is 1.99. The fourth-order valence-corrected chi connectivity index (χ4v) is 5.98. The highest BCUT2D eigenvalue weighted by Gasteiger charge is 2.44. The van der Waals surface area contributed by atoms with E-state index in [-0.39, 0.29) is 23.4 Å². The number of carbonyl (C=O) groups excluding carboxylic acids is 2. The molecule has 1 saturated heterocycles. The molecule has 1 fully saturated rings. The van der Waals surface area contributed by atoms with Gasteiger partial charge in [0.2, 0.25) is 15.9 Å². The molecule has 3 aromatic carbocycles. The van der Waals surface area contributed by atoms with Gasteiger partial charge in [0.15, 0.2) is 0 Å². The quantitative estimate of drug-likeness (QED) is 0.525. The Labute approximate surface area is 212 Å². The van der Waals surface area contributed by atoms with Crippen LogP contribution in [0.15, 0.2) is 65.6 Å². The summed E-state index contributed by atoms with van der Waals surface area (Å²) in [6.07, 6.45) is 0.0982. The summed E-state index contributed by atoms with van der Waals surface area (Å²) in [6.45, 7) is 0.00149. The van der Waals surface area contributed by atoms with Crippen LogP contribution in [-0.4, -0.2) is 50.9 Å². The Morgan fingerprint density at radius 2 is 1.81 bits per heavy atom. The van der Waals surface area contributed by atoms with Crippen LogP contribution in [-0.2, 0) is 14.8 Å². The van der Waals surface area contributed by atoms with Crippen LogP contribution in [0.5, 0.6) is 5.75 Å². The highest BCUT2D eigenvalue weighted by atomic mass is 35.5. The second-order valence-corrected chi connectivity index (χ2v) is 10.7. The normalized spacial score (nSPS) is 19.4. The minimum absolute atomic E-state index is 0.00149. The first-order valence-electron chi connectivity index (χ1n) is 11.0.